The second-order valence-corrected chi connectivity index (χ2v) is 6.42. The van der Waals surface area contributed by atoms with E-state index in [1.54, 1.807) is 38.2 Å². The number of aromatic nitrogens is 1. The van der Waals surface area contributed by atoms with Gasteiger partial charge in [-0.25, -0.2) is 4.79 Å². The Morgan fingerprint density at radius 3 is 2.89 bits per heavy atom. The van der Waals surface area contributed by atoms with E-state index < -0.39 is 5.97 Å². The molecule has 0 aliphatic carbocycles. The molecule has 0 saturated carbocycles. The van der Waals surface area contributed by atoms with Gasteiger partial charge in [0.05, 0.1) is 6.61 Å². The highest BCUT2D eigenvalue weighted by Crippen LogP contribution is 2.34. The average Bonchev–Trinajstić information content (AvgIpc) is 3.25. The van der Waals surface area contributed by atoms with Crippen molar-refractivity contribution in [3.63, 3.8) is 0 Å². The highest BCUT2D eigenvalue weighted by Gasteiger charge is 2.16. The van der Waals surface area contributed by atoms with Crippen LogP contribution >= 0.6 is 11.3 Å². The normalized spacial score (nSPS) is 13.9. The molecule has 1 N–H and O–H groups in total. The summed E-state index contributed by atoms with van der Waals surface area (Å²) in [7, 11) is 0. The summed E-state index contributed by atoms with van der Waals surface area (Å²) in [6, 6.07) is 7.17. The summed E-state index contributed by atoms with van der Waals surface area (Å²) in [4.78, 5) is 24.6. The topological polar surface area (TPSA) is 103 Å². The molecular weight excluding hydrogens is 370 g/mol. The fourth-order valence-electron chi connectivity index (χ4n) is 2.51. The predicted octanol–water partition coefficient (Wildman–Crippen LogP) is 0.746. The van der Waals surface area contributed by atoms with Gasteiger partial charge in [0.2, 0.25) is 6.79 Å². The SMILES string of the molecule is CCOC(=O)/C(C#N)=c1\s/c(=C/Nc2ccc3c(c2)OCO3)c(=O)n1CC. The molecule has 9 heteroatoms. The lowest BCUT2D eigenvalue weighted by atomic mass is 10.3. The Morgan fingerprint density at radius 2 is 2.19 bits per heavy atom. The number of ether oxygens (including phenoxy) is 3. The number of hydrogen-bond donors (Lipinski definition) is 1. The summed E-state index contributed by atoms with van der Waals surface area (Å²) >= 11 is 1.06. The number of hydrogen-bond acceptors (Lipinski definition) is 8. The smallest absolute Gasteiger partial charge is 0.351 e. The van der Waals surface area contributed by atoms with Crippen molar-refractivity contribution < 1.29 is 19.0 Å². The fraction of sp³-hybridized carbons (Fsp3) is 0.278. The third kappa shape index (κ3) is 3.66. The summed E-state index contributed by atoms with van der Waals surface area (Å²) in [5.41, 5.74) is 0.248. The molecule has 1 aromatic carbocycles. The highest BCUT2D eigenvalue weighted by molar-refractivity contribution is 7.07. The molecule has 0 spiro atoms. The number of carbonyl (C=O) groups is 1. The van der Waals surface area contributed by atoms with Crippen molar-refractivity contribution >= 4 is 34.8 Å². The summed E-state index contributed by atoms with van der Waals surface area (Å²) in [6.07, 6.45) is 1.54. The van der Waals surface area contributed by atoms with E-state index in [9.17, 15) is 14.9 Å². The van der Waals surface area contributed by atoms with E-state index in [1.165, 1.54) is 4.57 Å². The molecule has 0 radical (unpaired) electrons. The van der Waals surface area contributed by atoms with E-state index in [0.29, 0.717) is 28.3 Å². The Hall–Kier alpha value is -3.25. The van der Waals surface area contributed by atoms with E-state index in [4.69, 9.17) is 14.2 Å². The predicted molar refractivity (Wildman–Crippen MR) is 99.8 cm³/mol. The standard InChI is InChI=1S/C18H17N3O5S/c1-3-21-16(22)15(27-17(21)12(8-19)18(23)24-4-2)9-20-11-5-6-13-14(7-11)26-10-25-13/h5-7,9,20H,3-4,10H2,1-2H3/b15-9+,17-12-. The zero-order chi connectivity index (χ0) is 19.4. The van der Waals surface area contributed by atoms with Crippen LogP contribution in [-0.4, -0.2) is 23.9 Å². The lowest BCUT2D eigenvalue weighted by molar-refractivity contribution is -0.136. The van der Waals surface area contributed by atoms with Crippen molar-refractivity contribution in [3.05, 3.63) is 37.7 Å². The number of nitrogens with one attached hydrogen (secondary N) is 1. The fourth-order valence-corrected chi connectivity index (χ4v) is 3.59. The number of thiazole rings is 1. The van der Waals surface area contributed by atoms with Crippen LogP contribution in [-0.2, 0) is 16.1 Å². The van der Waals surface area contributed by atoms with E-state index in [-0.39, 0.29) is 29.2 Å². The molecular formula is C18H17N3O5S. The van der Waals surface area contributed by atoms with E-state index in [0.717, 1.165) is 11.3 Å². The second kappa shape index (κ2) is 7.97. The van der Waals surface area contributed by atoms with Crippen molar-refractivity contribution in [1.82, 2.24) is 4.57 Å². The molecule has 27 heavy (non-hydrogen) atoms. The minimum absolute atomic E-state index is 0.149. The number of fused-ring (bicyclic) bond motifs is 1. The van der Waals surface area contributed by atoms with Crippen LogP contribution in [0.2, 0.25) is 0 Å². The molecule has 3 rings (SSSR count). The minimum atomic E-state index is -0.737. The summed E-state index contributed by atoms with van der Waals surface area (Å²) < 4.78 is 17.5. The molecule has 0 unspecified atom stereocenters. The number of anilines is 1. The van der Waals surface area contributed by atoms with Gasteiger partial charge in [-0.05, 0) is 26.0 Å². The first-order valence-corrected chi connectivity index (χ1v) is 9.08. The van der Waals surface area contributed by atoms with Crippen molar-refractivity contribution in [2.24, 2.45) is 0 Å². The van der Waals surface area contributed by atoms with Crippen LogP contribution in [0.1, 0.15) is 13.8 Å². The van der Waals surface area contributed by atoms with Crippen LogP contribution in [0.3, 0.4) is 0 Å². The van der Waals surface area contributed by atoms with Gasteiger partial charge in [0, 0.05) is 24.5 Å². The summed E-state index contributed by atoms with van der Waals surface area (Å²) in [5.74, 6) is 0.544. The van der Waals surface area contributed by atoms with Gasteiger partial charge in [-0.2, -0.15) is 5.26 Å². The largest absolute Gasteiger partial charge is 0.462 e. The number of nitriles is 1. The Morgan fingerprint density at radius 1 is 1.41 bits per heavy atom. The second-order valence-electron chi connectivity index (χ2n) is 5.38. The van der Waals surface area contributed by atoms with Gasteiger partial charge >= 0.3 is 5.97 Å². The average molecular weight is 387 g/mol. The van der Waals surface area contributed by atoms with Crippen LogP contribution in [0, 0.1) is 11.3 Å². The number of rotatable bonds is 5. The zero-order valence-corrected chi connectivity index (χ0v) is 15.6. The number of nitrogens with zero attached hydrogens (tertiary/aromatic N) is 2. The molecule has 0 bridgehead atoms. The zero-order valence-electron chi connectivity index (χ0n) is 14.8. The molecule has 1 aromatic heterocycles. The summed E-state index contributed by atoms with van der Waals surface area (Å²) in [6.45, 7) is 4.08. The minimum Gasteiger partial charge on any atom is -0.462 e. The maximum absolute atomic E-state index is 12.6. The van der Waals surface area contributed by atoms with Gasteiger partial charge in [0.25, 0.3) is 5.56 Å². The molecule has 140 valence electrons. The maximum Gasteiger partial charge on any atom is 0.351 e. The van der Waals surface area contributed by atoms with Gasteiger partial charge in [0.15, 0.2) is 17.1 Å². The number of carbonyl (C=O) groups excluding carboxylic acids is 1. The number of benzene rings is 1. The molecule has 0 atom stereocenters. The maximum atomic E-state index is 12.6. The molecule has 0 saturated heterocycles. The molecule has 0 fully saturated rings. The molecule has 8 nitrogen and oxygen atoms in total. The van der Waals surface area contributed by atoms with Crippen LogP contribution in [0.4, 0.5) is 5.69 Å². The van der Waals surface area contributed by atoms with Gasteiger partial charge in [0.1, 0.15) is 15.3 Å². The highest BCUT2D eigenvalue weighted by atomic mass is 32.1. The molecule has 1 aliphatic heterocycles. The van der Waals surface area contributed by atoms with E-state index >= 15 is 0 Å². The molecule has 2 heterocycles. The van der Waals surface area contributed by atoms with Gasteiger partial charge < -0.3 is 19.5 Å². The monoisotopic (exact) mass is 387 g/mol. The summed E-state index contributed by atoms with van der Waals surface area (Å²) in [5, 5.41) is 12.4. The Labute approximate surface area is 158 Å². The quantitative estimate of drug-likeness (QED) is 0.755. The van der Waals surface area contributed by atoms with Crippen molar-refractivity contribution in [2.75, 3.05) is 18.7 Å². The van der Waals surface area contributed by atoms with Crippen molar-refractivity contribution in [1.29, 1.82) is 5.26 Å². The van der Waals surface area contributed by atoms with Crippen LogP contribution in [0.15, 0.2) is 23.0 Å². The molecule has 1 aliphatic rings. The Kier molecular flexibility index (Phi) is 5.47. The van der Waals surface area contributed by atoms with Gasteiger partial charge in [-0.3, -0.25) is 9.36 Å². The molecule has 2 aromatic rings. The Balaban J connectivity index is 2.03. The van der Waals surface area contributed by atoms with Crippen molar-refractivity contribution in [3.8, 4) is 17.6 Å². The number of esters is 1. The molecule has 0 amide bonds. The van der Waals surface area contributed by atoms with Crippen LogP contribution in [0.5, 0.6) is 11.5 Å². The van der Waals surface area contributed by atoms with Crippen LogP contribution < -0.4 is 29.5 Å². The van der Waals surface area contributed by atoms with Gasteiger partial charge in [-0.1, -0.05) is 0 Å². The van der Waals surface area contributed by atoms with Crippen molar-refractivity contribution in [2.45, 2.75) is 20.4 Å². The van der Waals surface area contributed by atoms with E-state index in [2.05, 4.69) is 5.32 Å². The first-order chi connectivity index (χ1) is 13.1. The van der Waals surface area contributed by atoms with Gasteiger partial charge in [-0.15, -0.1) is 11.3 Å². The lowest BCUT2D eigenvalue weighted by Crippen LogP contribution is -2.32. The Bertz CT molecular complexity index is 1090. The van der Waals surface area contributed by atoms with E-state index in [1.807, 2.05) is 6.07 Å². The first kappa shape index (κ1) is 18.5. The third-order valence-electron chi connectivity index (χ3n) is 3.77. The van der Waals surface area contributed by atoms with Crippen LogP contribution in [0.25, 0.3) is 11.8 Å². The third-order valence-corrected chi connectivity index (χ3v) is 4.90. The lowest BCUT2D eigenvalue weighted by Gasteiger charge is -2.01. The first-order valence-electron chi connectivity index (χ1n) is 8.26.